The van der Waals surface area contributed by atoms with Gasteiger partial charge in [-0.25, -0.2) is 4.79 Å². The Hall–Kier alpha value is -3.66. The molecule has 4 heteroatoms. The van der Waals surface area contributed by atoms with Gasteiger partial charge in [0, 0.05) is 16.8 Å². The van der Waals surface area contributed by atoms with Crippen LogP contribution in [0.5, 0.6) is 0 Å². The van der Waals surface area contributed by atoms with Crippen LogP contribution in [0.2, 0.25) is 0 Å². The van der Waals surface area contributed by atoms with Gasteiger partial charge in [0.2, 0.25) is 5.60 Å². The number of para-hydroxylation sites is 2. The quantitative estimate of drug-likeness (QED) is 0.392. The number of unbranched alkanes of at least 4 members (excludes halogenated alkanes) is 2. The number of carbonyl (C=O) groups is 2. The molecule has 0 N–H and O–H groups in total. The molecule has 31 heavy (non-hydrogen) atoms. The number of hydrogen-bond acceptors (Lipinski definition) is 3. The molecule has 0 fully saturated rings. The van der Waals surface area contributed by atoms with E-state index in [0.29, 0.717) is 11.1 Å². The number of hydrogen-bond donors (Lipinski definition) is 0. The van der Waals surface area contributed by atoms with Gasteiger partial charge in [0.15, 0.2) is 0 Å². The molecular formula is C27H23NO3. The van der Waals surface area contributed by atoms with Gasteiger partial charge in [0.1, 0.15) is 0 Å². The van der Waals surface area contributed by atoms with Crippen molar-refractivity contribution in [1.29, 1.82) is 0 Å². The molecule has 0 bridgehead atoms. The lowest BCUT2D eigenvalue weighted by molar-refractivity contribution is -0.131. The maximum Gasteiger partial charge on any atom is 0.340 e. The number of nitrogens with zero attached hydrogens (tertiary/aromatic N) is 1. The maximum atomic E-state index is 14.1. The molecule has 2 aliphatic heterocycles. The summed E-state index contributed by atoms with van der Waals surface area (Å²) < 4.78 is 6.10. The van der Waals surface area contributed by atoms with Crippen molar-refractivity contribution < 1.29 is 14.3 Å². The standard InChI is InChI=1S/C27H23NO3/c1-2-3-5-16-22-20-14-8-9-15-21(20)25(29)31-27(22)23-17-10-11-18-24(23)28(26(27)30)19-12-6-4-7-13-19/h4,6-18H,2-3,5H2,1H3/b22-16+. The zero-order valence-corrected chi connectivity index (χ0v) is 17.4. The molecule has 1 amide bonds. The van der Waals surface area contributed by atoms with Gasteiger partial charge in [-0.3, -0.25) is 9.69 Å². The fourth-order valence-corrected chi connectivity index (χ4v) is 4.58. The van der Waals surface area contributed by atoms with Gasteiger partial charge < -0.3 is 4.74 Å². The van der Waals surface area contributed by atoms with Crippen LogP contribution in [0.1, 0.15) is 47.7 Å². The van der Waals surface area contributed by atoms with Crippen molar-refractivity contribution in [3.8, 4) is 0 Å². The third-order valence-corrected chi connectivity index (χ3v) is 6.01. The fourth-order valence-electron chi connectivity index (χ4n) is 4.58. The first kappa shape index (κ1) is 19.3. The molecule has 0 saturated heterocycles. The molecule has 4 nitrogen and oxygen atoms in total. The van der Waals surface area contributed by atoms with Gasteiger partial charge in [-0.05, 0) is 36.2 Å². The molecule has 1 atom stereocenters. The van der Waals surface area contributed by atoms with E-state index in [2.05, 4.69) is 13.0 Å². The molecule has 2 aliphatic rings. The minimum absolute atomic E-state index is 0.259. The third-order valence-electron chi connectivity index (χ3n) is 6.01. The number of anilines is 2. The van der Waals surface area contributed by atoms with Gasteiger partial charge >= 0.3 is 5.97 Å². The summed E-state index contributed by atoms with van der Waals surface area (Å²) in [5.41, 5.74) is 2.74. The Balaban J connectivity index is 1.78. The smallest absolute Gasteiger partial charge is 0.340 e. The molecule has 3 aromatic carbocycles. The highest BCUT2D eigenvalue weighted by Gasteiger charge is 2.59. The van der Waals surface area contributed by atoms with Crippen LogP contribution in [0.3, 0.4) is 0 Å². The Morgan fingerprint density at radius 1 is 0.871 bits per heavy atom. The van der Waals surface area contributed by atoms with E-state index in [1.165, 1.54) is 0 Å². The Kier molecular flexibility index (Phi) is 4.70. The van der Waals surface area contributed by atoms with Crippen LogP contribution in [0.25, 0.3) is 5.57 Å². The number of esters is 1. The first-order valence-electron chi connectivity index (χ1n) is 10.7. The summed E-state index contributed by atoms with van der Waals surface area (Å²) >= 11 is 0. The van der Waals surface area contributed by atoms with Gasteiger partial charge in [-0.15, -0.1) is 0 Å². The Morgan fingerprint density at radius 2 is 1.55 bits per heavy atom. The molecule has 2 heterocycles. The topological polar surface area (TPSA) is 46.6 Å². The van der Waals surface area contributed by atoms with Crippen LogP contribution in [0.15, 0.2) is 84.9 Å². The van der Waals surface area contributed by atoms with E-state index in [1.54, 1.807) is 11.0 Å². The van der Waals surface area contributed by atoms with Crippen molar-refractivity contribution >= 4 is 28.8 Å². The van der Waals surface area contributed by atoms with Crippen molar-refractivity contribution in [2.24, 2.45) is 0 Å². The van der Waals surface area contributed by atoms with E-state index in [0.717, 1.165) is 41.8 Å². The maximum absolute atomic E-state index is 14.1. The van der Waals surface area contributed by atoms with Crippen molar-refractivity contribution in [2.45, 2.75) is 31.8 Å². The van der Waals surface area contributed by atoms with Crippen molar-refractivity contribution in [3.05, 3.63) is 102 Å². The molecule has 0 radical (unpaired) electrons. The highest BCUT2D eigenvalue weighted by molar-refractivity contribution is 6.21. The van der Waals surface area contributed by atoms with E-state index in [4.69, 9.17) is 4.74 Å². The molecule has 154 valence electrons. The predicted molar refractivity (Wildman–Crippen MR) is 121 cm³/mol. The second kappa shape index (κ2) is 7.55. The zero-order chi connectivity index (χ0) is 21.4. The largest absolute Gasteiger partial charge is 0.435 e. The van der Waals surface area contributed by atoms with Crippen molar-refractivity contribution in [2.75, 3.05) is 4.90 Å². The molecule has 5 rings (SSSR count). The highest BCUT2D eigenvalue weighted by Crippen LogP contribution is 2.55. The lowest BCUT2D eigenvalue weighted by Crippen LogP contribution is -2.46. The Morgan fingerprint density at radius 3 is 2.32 bits per heavy atom. The van der Waals surface area contributed by atoms with Crippen LogP contribution in [0.4, 0.5) is 11.4 Å². The summed E-state index contributed by atoms with van der Waals surface area (Å²) in [4.78, 5) is 28.9. The molecule has 0 saturated carbocycles. The summed E-state index contributed by atoms with van der Waals surface area (Å²) in [6, 6.07) is 24.5. The van der Waals surface area contributed by atoms with Gasteiger partial charge in [0.05, 0.1) is 11.3 Å². The summed E-state index contributed by atoms with van der Waals surface area (Å²) in [6.45, 7) is 2.14. The average Bonchev–Trinajstić information content (AvgIpc) is 3.05. The Bertz CT molecular complexity index is 1200. The second-order valence-corrected chi connectivity index (χ2v) is 7.87. The van der Waals surface area contributed by atoms with Crippen LogP contribution in [-0.2, 0) is 15.1 Å². The molecule has 3 aromatic rings. The number of fused-ring (bicyclic) bond motifs is 3. The van der Waals surface area contributed by atoms with Gasteiger partial charge in [0.25, 0.3) is 5.91 Å². The minimum atomic E-state index is -1.48. The number of ether oxygens (including phenoxy) is 1. The third kappa shape index (κ3) is 2.82. The van der Waals surface area contributed by atoms with Crippen LogP contribution in [-0.4, -0.2) is 11.9 Å². The van der Waals surface area contributed by atoms with Crippen LogP contribution < -0.4 is 4.90 Å². The van der Waals surface area contributed by atoms with Crippen molar-refractivity contribution in [1.82, 2.24) is 0 Å². The summed E-state index contributed by atoms with van der Waals surface area (Å²) in [6.07, 6.45) is 4.92. The number of rotatable bonds is 4. The van der Waals surface area contributed by atoms with Crippen LogP contribution >= 0.6 is 0 Å². The number of benzene rings is 3. The molecule has 1 spiro atoms. The SMILES string of the molecule is CCCC/C=C1\c2ccccc2C(=O)OC12C(=O)N(c1ccccc1)c1ccccc12. The van der Waals surface area contributed by atoms with E-state index < -0.39 is 11.6 Å². The molecular weight excluding hydrogens is 386 g/mol. The molecule has 0 aliphatic carbocycles. The number of carbonyl (C=O) groups excluding carboxylic acids is 2. The zero-order valence-electron chi connectivity index (χ0n) is 17.4. The minimum Gasteiger partial charge on any atom is -0.435 e. The highest BCUT2D eigenvalue weighted by atomic mass is 16.6. The first-order valence-corrected chi connectivity index (χ1v) is 10.7. The summed E-state index contributed by atoms with van der Waals surface area (Å²) in [5.74, 6) is -0.730. The van der Waals surface area contributed by atoms with E-state index in [1.807, 2.05) is 72.8 Å². The first-order chi connectivity index (χ1) is 15.2. The Labute approximate surface area is 181 Å². The normalized spacial score (nSPS) is 20.7. The lowest BCUT2D eigenvalue weighted by atomic mass is 9.78. The monoisotopic (exact) mass is 409 g/mol. The van der Waals surface area contributed by atoms with Crippen LogP contribution in [0, 0.1) is 0 Å². The van der Waals surface area contributed by atoms with Gasteiger partial charge in [-0.2, -0.15) is 0 Å². The second-order valence-electron chi connectivity index (χ2n) is 7.87. The number of allylic oxidation sites excluding steroid dienone is 1. The predicted octanol–water partition coefficient (Wildman–Crippen LogP) is 6.00. The van der Waals surface area contributed by atoms with Gasteiger partial charge in [-0.1, -0.05) is 80.4 Å². The van der Waals surface area contributed by atoms with E-state index in [9.17, 15) is 9.59 Å². The summed E-state index contributed by atoms with van der Waals surface area (Å²) in [5, 5.41) is 0. The molecule has 0 aromatic heterocycles. The lowest BCUT2D eigenvalue weighted by Gasteiger charge is -2.36. The molecule has 1 unspecified atom stereocenters. The fraction of sp³-hybridized carbons (Fsp3) is 0.185. The van der Waals surface area contributed by atoms with E-state index >= 15 is 0 Å². The summed E-state index contributed by atoms with van der Waals surface area (Å²) in [7, 11) is 0. The number of amides is 1. The van der Waals surface area contributed by atoms with E-state index in [-0.39, 0.29) is 5.91 Å². The van der Waals surface area contributed by atoms with Crippen molar-refractivity contribution in [3.63, 3.8) is 0 Å². The average molecular weight is 409 g/mol.